The fourth-order valence-corrected chi connectivity index (χ4v) is 4.24. The lowest BCUT2D eigenvalue weighted by atomic mass is 10.2. The summed E-state index contributed by atoms with van der Waals surface area (Å²) >= 11 is 2.89. The van der Waals surface area contributed by atoms with E-state index in [0.717, 1.165) is 20.8 Å². The number of nitrogens with one attached hydrogen (secondary N) is 1. The number of hydrogen-bond acceptors (Lipinski definition) is 7. The van der Waals surface area contributed by atoms with Crippen molar-refractivity contribution in [3.63, 3.8) is 0 Å². The highest BCUT2D eigenvalue weighted by molar-refractivity contribution is 8.00. The van der Waals surface area contributed by atoms with Crippen molar-refractivity contribution in [2.24, 2.45) is 0 Å². The molecular formula is C16H14N4O3S2. The second-order valence-electron chi connectivity index (χ2n) is 5.25. The number of fused-ring (bicyclic) bond motifs is 1. The van der Waals surface area contributed by atoms with E-state index in [1.165, 1.54) is 35.1 Å². The number of nitro benzene ring substituents is 1. The topological polar surface area (TPSA) is 98.0 Å². The number of para-hydroxylation sites is 2. The van der Waals surface area contributed by atoms with E-state index in [0.29, 0.717) is 0 Å². The maximum absolute atomic E-state index is 12.2. The molecule has 0 radical (unpaired) electrons. The van der Waals surface area contributed by atoms with Crippen LogP contribution in [0.2, 0.25) is 0 Å². The van der Waals surface area contributed by atoms with Crippen molar-refractivity contribution >= 4 is 50.6 Å². The van der Waals surface area contributed by atoms with E-state index in [2.05, 4.69) is 15.3 Å². The van der Waals surface area contributed by atoms with Crippen molar-refractivity contribution in [3.8, 4) is 0 Å². The van der Waals surface area contributed by atoms with E-state index in [9.17, 15) is 14.9 Å². The first-order valence-corrected chi connectivity index (χ1v) is 9.14. The summed E-state index contributed by atoms with van der Waals surface area (Å²) in [6.07, 6.45) is 1.49. The summed E-state index contributed by atoms with van der Waals surface area (Å²) < 4.78 is 0. The van der Waals surface area contributed by atoms with Crippen LogP contribution >= 0.6 is 23.1 Å². The average molecular weight is 374 g/mol. The van der Waals surface area contributed by atoms with Gasteiger partial charge in [0, 0.05) is 16.3 Å². The predicted molar refractivity (Wildman–Crippen MR) is 99.3 cm³/mol. The van der Waals surface area contributed by atoms with Gasteiger partial charge in [-0.3, -0.25) is 14.9 Å². The molecule has 0 atom stereocenters. The first kappa shape index (κ1) is 17.3. The third-order valence-electron chi connectivity index (χ3n) is 3.65. The number of thiophene rings is 1. The van der Waals surface area contributed by atoms with Crippen LogP contribution in [-0.4, -0.2) is 26.6 Å². The van der Waals surface area contributed by atoms with Crippen LogP contribution < -0.4 is 5.32 Å². The minimum Gasteiger partial charge on any atom is -0.320 e. The lowest BCUT2D eigenvalue weighted by Crippen LogP contribution is -2.15. The maximum atomic E-state index is 12.2. The Morgan fingerprint density at radius 3 is 2.84 bits per heavy atom. The number of anilines is 1. The highest BCUT2D eigenvalue weighted by Crippen LogP contribution is 2.34. The number of aryl methyl sites for hydroxylation is 2. The highest BCUT2D eigenvalue weighted by Gasteiger charge is 2.17. The van der Waals surface area contributed by atoms with Crippen LogP contribution in [0.25, 0.3) is 10.2 Å². The zero-order chi connectivity index (χ0) is 18.0. The van der Waals surface area contributed by atoms with E-state index in [-0.39, 0.29) is 23.0 Å². The van der Waals surface area contributed by atoms with Gasteiger partial charge in [0.05, 0.1) is 10.7 Å². The van der Waals surface area contributed by atoms with Crippen molar-refractivity contribution in [1.82, 2.24) is 9.97 Å². The van der Waals surface area contributed by atoms with Crippen molar-refractivity contribution < 1.29 is 9.72 Å². The predicted octanol–water partition coefficient (Wildman–Crippen LogP) is 3.95. The number of nitrogens with zero attached hydrogens (tertiary/aromatic N) is 3. The second-order valence-corrected chi connectivity index (χ2v) is 7.42. The smallest absolute Gasteiger partial charge is 0.292 e. The van der Waals surface area contributed by atoms with Gasteiger partial charge in [-0.2, -0.15) is 0 Å². The Labute approximate surface area is 151 Å². The summed E-state index contributed by atoms with van der Waals surface area (Å²) in [7, 11) is 0. The van der Waals surface area contributed by atoms with Gasteiger partial charge in [-0.15, -0.1) is 11.3 Å². The van der Waals surface area contributed by atoms with E-state index >= 15 is 0 Å². The molecule has 0 spiro atoms. The first-order chi connectivity index (χ1) is 12.0. The zero-order valence-electron chi connectivity index (χ0n) is 13.5. The van der Waals surface area contributed by atoms with Gasteiger partial charge in [-0.1, -0.05) is 23.9 Å². The quantitative estimate of drug-likeness (QED) is 0.314. The maximum Gasteiger partial charge on any atom is 0.292 e. The van der Waals surface area contributed by atoms with E-state index in [4.69, 9.17) is 0 Å². The first-order valence-electron chi connectivity index (χ1n) is 7.34. The average Bonchev–Trinajstić information content (AvgIpc) is 2.88. The molecule has 128 valence electrons. The molecule has 0 saturated carbocycles. The van der Waals surface area contributed by atoms with Gasteiger partial charge in [0.1, 0.15) is 21.9 Å². The normalized spacial score (nSPS) is 10.8. The zero-order valence-corrected chi connectivity index (χ0v) is 15.1. The molecule has 1 aromatic carbocycles. The summed E-state index contributed by atoms with van der Waals surface area (Å²) in [5, 5.41) is 15.3. The molecule has 2 heterocycles. The lowest BCUT2D eigenvalue weighted by molar-refractivity contribution is -0.383. The van der Waals surface area contributed by atoms with Gasteiger partial charge in [-0.05, 0) is 25.5 Å². The Morgan fingerprint density at radius 1 is 1.32 bits per heavy atom. The summed E-state index contributed by atoms with van der Waals surface area (Å²) in [6.45, 7) is 4.03. The number of nitro groups is 1. The molecular weight excluding hydrogens is 360 g/mol. The molecule has 0 fully saturated rings. The molecule has 25 heavy (non-hydrogen) atoms. The van der Waals surface area contributed by atoms with Gasteiger partial charge in [0.2, 0.25) is 5.91 Å². The number of carbonyl (C=O) groups is 1. The SMILES string of the molecule is Cc1sc2ncnc(SCC(=O)Nc3ccccc3[N+](=O)[O-])c2c1C. The molecule has 0 unspecified atom stereocenters. The van der Waals surface area contributed by atoms with Crippen LogP contribution in [0, 0.1) is 24.0 Å². The second kappa shape index (κ2) is 7.16. The van der Waals surface area contributed by atoms with Crippen LogP contribution in [0.15, 0.2) is 35.6 Å². The number of rotatable bonds is 5. The number of amides is 1. The molecule has 0 bridgehead atoms. The molecule has 3 aromatic rings. The number of thioether (sulfide) groups is 1. The molecule has 1 amide bonds. The number of benzene rings is 1. The Morgan fingerprint density at radius 2 is 2.08 bits per heavy atom. The molecule has 0 aliphatic carbocycles. The molecule has 9 heteroatoms. The lowest BCUT2D eigenvalue weighted by Gasteiger charge is -2.06. The third kappa shape index (κ3) is 3.62. The number of hydrogen-bond donors (Lipinski definition) is 1. The molecule has 3 rings (SSSR count). The molecule has 0 aliphatic rings. The van der Waals surface area contributed by atoms with Gasteiger partial charge in [0.15, 0.2) is 0 Å². The highest BCUT2D eigenvalue weighted by atomic mass is 32.2. The Bertz CT molecular complexity index is 971. The van der Waals surface area contributed by atoms with Gasteiger partial charge in [-0.25, -0.2) is 9.97 Å². The van der Waals surface area contributed by atoms with Gasteiger partial charge in [0.25, 0.3) is 5.69 Å². The fourth-order valence-electron chi connectivity index (χ4n) is 2.32. The molecule has 0 aliphatic heterocycles. The number of carbonyl (C=O) groups excluding carboxylic acids is 1. The minimum absolute atomic E-state index is 0.104. The van der Waals surface area contributed by atoms with Crippen LogP contribution in [0.3, 0.4) is 0 Å². The molecule has 1 N–H and O–H groups in total. The van der Waals surface area contributed by atoms with Crippen molar-refractivity contribution in [3.05, 3.63) is 51.1 Å². The summed E-state index contributed by atoms with van der Waals surface area (Å²) in [5.41, 5.74) is 1.17. The third-order valence-corrected chi connectivity index (χ3v) is 5.75. The monoisotopic (exact) mass is 374 g/mol. The van der Waals surface area contributed by atoms with Crippen LogP contribution in [0.1, 0.15) is 10.4 Å². The van der Waals surface area contributed by atoms with Crippen LogP contribution in [0.5, 0.6) is 0 Å². The molecule has 7 nitrogen and oxygen atoms in total. The van der Waals surface area contributed by atoms with E-state index in [1.807, 2.05) is 13.8 Å². The summed E-state index contributed by atoms with van der Waals surface area (Å²) in [6, 6.07) is 6.06. The largest absolute Gasteiger partial charge is 0.320 e. The summed E-state index contributed by atoms with van der Waals surface area (Å²) in [5.74, 6) is -0.220. The standard InChI is InChI=1S/C16H14N4O3S2/c1-9-10(2)25-16-14(9)15(17-8-18-16)24-7-13(21)19-11-5-3-4-6-12(11)20(22)23/h3-6,8H,7H2,1-2H3,(H,19,21). The van der Waals surface area contributed by atoms with Crippen LogP contribution in [-0.2, 0) is 4.79 Å². The van der Waals surface area contributed by atoms with E-state index < -0.39 is 4.92 Å². The molecule has 0 saturated heterocycles. The van der Waals surface area contributed by atoms with E-state index in [1.54, 1.807) is 23.5 Å². The Balaban J connectivity index is 1.75. The Hall–Kier alpha value is -2.52. The Kier molecular flexibility index (Phi) is 4.95. The number of aromatic nitrogens is 2. The van der Waals surface area contributed by atoms with Gasteiger partial charge < -0.3 is 5.32 Å². The van der Waals surface area contributed by atoms with Gasteiger partial charge >= 0.3 is 0 Å². The minimum atomic E-state index is -0.520. The van der Waals surface area contributed by atoms with Crippen molar-refractivity contribution in [1.29, 1.82) is 0 Å². The fraction of sp³-hybridized carbons (Fsp3) is 0.188. The van der Waals surface area contributed by atoms with Crippen molar-refractivity contribution in [2.75, 3.05) is 11.1 Å². The van der Waals surface area contributed by atoms with Crippen molar-refractivity contribution in [2.45, 2.75) is 18.9 Å². The summed E-state index contributed by atoms with van der Waals surface area (Å²) in [4.78, 5) is 33.3. The molecule has 2 aromatic heterocycles. The van der Waals surface area contributed by atoms with Crippen LogP contribution in [0.4, 0.5) is 11.4 Å².